The van der Waals surface area contributed by atoms with Crippen LogP contribution in [0.3, 0.4) is 0 Å². The lowest BCUT2D eigenvalue weighted by Crippen LogP contribution is -2.36. The number of nitrogens with zero attached hydrogens (tertiary/aromatic N) is 3. The van der Waals surface area contributed by atoms with E-state index in [4.69, 9.17) is 4.74 Å². The van der Waals surface area contributed by atoms with Gasteiger partial charge < -0.3 is 9.64 Å². The van der Waals surface area contributed by atoms with E-state index >= 15 is 0 Å². The normalized spacial score (nSPS) is 15.9. The van der Waals surface area contributed by atoms with E-state index in [1.807, 2.05) is 47.7 Å². The van der Waals surface area contributed by atoms with Gasteiger partial charge >= 0.3 is 5.97 Å². The molecule has 0 atom stereocenters. The zero-order chi connectivity index (χ0) is 19.0. The minimum absolute atomic E-state index is 0.127. The minimum Gasteiger partial charge on any atom is -0.468 e. The second-order valence-electron chi connectivity index (χ2n) is 5.69. The van der Waals surface area contributed by atoms with Crippen LogP contribution in [0, 0.1) is 0 Å². The fourth-order valence-corrected chi connectivity index (χ4v) is 5.75. The van der Waals surface area contributed by atoms with Crippen LogP contribution < -0.4 is 19.7 Å². The van der Waals surface area contributed by atoms with Crippen LogP contribution >= 0.6 is 34.4 Å². The number of hydrogen-bond donors (Lipinski definition) is 0. The van der Waals surface area contributed by atoms with Crippen molar-refractivity contribution in [2.24, 2.45) is 0 Å². The number of thioether (sulfide) groups is 1. The fourth-order valence-electron chi connectivity index (χ4n) is 2.72. The van der Waals surface area contributed by atoms with E-state index < -0.39 is 5.97 Å². The molecule has 6 nitrogen and oxygen atoms in total. The topological polar surface area (TPSA) is 64.4 Å². The predicted octanol–water partition coefficient (Wildman–Crippen LogP) is 1.68. The van der Waals surface area contributed by atoms with Gasteiger partial charge in [0.05, 0.1) is 12.8 Å². The minimum atomic E-state index is -0.462. The van der Waals surface area contributed by atoms with Gasteiger partial charge in [-0.3, -0.25) is 14.2 Å². The zero-order valence-corrected chi connectivity index (χ0v) is 17.0. The first kappa shape index (κ1) is 18.0. The number of benzene rings is 1. The van der Waals surface area contributed by atoms with Gasteiger partial charge in [-0.15, -0.1) is 22.7 Å². The van der Waals surface area contributed by atoms with Crippen LogP contribution in [0.15, 0.2) is 45.5 Å². The second kappa shape index (κ2) is 7.34. The average molecular weight is 418 g/mol. The van der Waals surface area contributed by atoms with E-state index in [1.54, 1.807) is 18.0 Å². The number of fused-ring (bicyclic) bond motifs is 1. The summed E-state index contributed by atoms with van der Waals surface area (Å²) < 4.78 is 7.49. The number of carbonyl (C=O) groups excluding carboxylic acids is 1. The summed E-state index contributed by atoms with van der Waals surface area (Å²) in [5, 5.41) is 3.51. The third kappa shape index (κ3) is 3.33. The molecule has 0 unspecified atom stereocenters. The number of methoxy groups -OCH3 is 1. The molecule has 0 radical (unpaired) electrons. The third-order valence-electron chi connectivity index (χ3n) is 4.06. The van der Waals surface area contributed by atoms with Crippen LogP contribution in [0.5, 0.6) is 0 Å². The zero-order valence-electron chi connectivity index (χ0n) is 14.5. The van der Waals surface area contributed by atoms with Gasteiger partial charge in [0.25, 0.3) is 5.56 Å². The molecule has 0 amide bonds. The molecule has 0 bridgehead atoms. The fraction of sp³-hybridized carbons (Fsp3) is 0.167. The van der Waals surface area contributed by atoms with Crippen LogP contribution in [-0.2, 0) is 16.1 Å². The van der Waals surface area contributed by atoms with Crippen molar-refractivity contribution in [3.05, 3.63) is 60.4 Å². The van der Waals surface area contributed by atoms with E-state index in [0.717, 1.165) is 20.6 Å². The molecule has 2 aromatic heterocycles. The average Bonchev–Trinajstić information content (AvgIpc) is 3.37. The molecule has 0 saturated carbocycles. The number of para-hydroxylation sites is 1. The van der Waals surface area contributed by atoms with E-state index in [2.05, 4.69) is 4.98 Å². The van der Waals surface area contributed by atoms with Gasteiger partial charge in [0.2, 0.25) is 0 Å². The summed E-state index contributed by atoms with van der Waals surface area (Å²) in [7, 11) is 3.26. The molecule has 138 valence electrons. The number of carbonyl (C=O) groups is 1. The Kier molecular flexibility index (Phi) is 4.90. The Bertz CT molecular complexity index is 1180. The molecular weight excluding hydrogens is 402 g/mol. The molecule has 27 heavy (non-hydrogen) atoms. The molecule has 0 N–H and O–H groups in total. The monoisotopic (exact) mass is 417 g/mol. The molecule has 1 aliphatic heterocycles. The van der Waals surface area contributed by atoms with Crippen LogP contribution in [0.2, 0.25) is 0 Å². The molecule has 0 aliphatic carbocycles. The Morgan fingerprint density at radius 2 is 2.15 bits per heavy atom. The van der Waals surface area contributed by atoms with Crippen molar-refractivity contribution in [1.29, 1.82) is 0 Å². The van der Waals surface area contributed by atoms with Crippen LogP contribution in [0.25, 0.3) is 11.1 Å². The van der Waals surface area contributed by atoms with Gasteiger partial charge in [-0.2, -0.15) is 0 Å². The highest BCUT2D eigenvalue weighted by Crippen LogP contribution is 2.44. The first-order valence-corrected chi connectivity index (χ1v) is 10.5. The molecule has 1 aromatic carbocycles. The number of aromatic nitrogens is 2. The number of esters is 1. The molecule has 1 aliphatic rings. The van der Waals surface area contributed by atoms with Crippen LogP contribution in [-0.4, -0.2) is 29.7 Å². The van der Waals surface area contributed by atoms with Crippen molar-refractivity contribution in [3.63, 3.8) is 0 Å². The molecule has 3 heterocycles. The lowest BCUT2D eigenvalue weighted by Gasteiger charge is -2.11. The predicted molar refractivity (Wildman–Crippen MR) is 110 cm³/mol. The maximum Gasteiger partial charge on any atom is 0.325 e. The highest BCUT2D eigenvalue weighted by molar-refractivity contribution is 8.08. The van der Waals surface area contributed by atoms with Gasteiger partial charge in [-0.1, -0.05) is 23.9 Å². The Labute approximate surface area is 167 Å². The van der Waals surface area contributed by atoms with Crippen LogP contribution in [0.1, 0.15) is 5.01 Å². The van der Waals surface area contributed by atoms with Gasteiger partial charge in [-0.05, 0) is 12.1 Å². The molecule has 9 heteroatoms. The Hall–Kier alpha value is -2.36. The smallest absolute Gasteiger partial charge is 0.325 e. The molecule has 0 saturated heterocycles. The molecule has 0 fully saturated rings. The van der Waals surface area contributed by atoms with Crippen molar-refractivity contribution in [3.8, 4) is 0 Å². The second-order valence-corrected chi connectivity index (χ2v) is 8.67. The van der Waals surface area contributed by atoms with Gasteiger partial charge in [-0.25, -0.2) is 4.98 Å². The molecule has 0 spiro atoms. The summed E-state index contributed by atoms with van der Waals surface area (Å²) in [6.07, 6.45) is 3.54. The maximum absolute atomic E-state index is 13.1. The SMILES string of the molecule is COC(=O)Cn1c(=O)/c(=C2\Sc3ccccc3N2C)s/c1=C\c1nccs1. The Balaban J connectivity index is 1.93. The quantitative estimate of drug-likeness (QED) is 0.604. The van der Waals surface area contributed by atoms with Gasteiger partial charge in [0.1, 0.15) is 25.8 Å². The Morgan fingerprint density at radius 3 is 2.85 bits per heavy atom. The van der Waals surface area contributed by atoms with E-state index in [-0.39, 0.29) is 12.1 Å². The maximum atomic E-state index is 13.1. The summed E-state index contributed by atoms with van der Waals surface area (Å²) in [5.74, 6) is -0.462. The van der Waals surface area contributed by atoms with Crippen molar-refractivity contribution < 1.29 is 9.53 Å². The van der Waals surface area contributed by atoms with E-state index in [0.29, 0.717) is 9.20 Å². The molecule has 3 aromatic rings. The number of thiazole rings is 2. The number of rotatable bonds is 3. The summed E-state index contributed by atoms with van der Waals surface area (Å²) in [4.78, 5) is 32.3. The van der Waals surface area contributed by atoms with Gasteiger partial charge in [0, 0.05) is 29.6 Å². The standard InChI is InChI=1S/C18H15N3O3S3/c1-20-11-5-3-4-6-12(11)26-18(20)16-17(23)21(10-15(22)24-2)14(27-16)9-13-19-7-8-25-13/h3-9H,10H2,1-2H3/b14-9-,18-16+. The third-order valence-corrected chi connectivity index (χ3v) is 7.27. The first-order chi connectivity index (χ1) is 13.1. The number of anilines is 1. The first-order valence-electron chi connectivity index (χ1n) is 8.01. The highest BCUT2D eigenvalue weighted by atomic mass is 32.2. The summed E-state index contributed by atoms with van der Waals surface area (Å²) >= 11 is 4.40. The summed E-state index contributed by atoms with van der Waals surface area (Å²) in [6.45, 7) is -0.127. The number of ether oxygens (including phenoxy) is 1. The largest absolute Gasteiger partial charge is 0.468 e. The van der Waals surface area contributed by atoms with Gasteiger partial charge in [0.15, 0.2) is 0 Å². The highest BCUT2D eigenvalue weighted by Gasteiger charge is 2.24. The van der Waals surface area contributed by atoms with E-state index in [9.17, 15) is 9.59 Å². The molecular formula is C18H15N3O3S3. The van der Waals surface area contributed by atoms with Crippen LogP contribution in [0.4, 0.5) is 5.69 Å². The van der Waals surface area contributed by atoms with E-state index in [1.165, 1.54) is 34.4 Å². The van der Waals surface area contributed by atoms with Crippen molar-refractivity contribution in [2.45, 2.75) is 11.4 Å². The lowest BCUT2D eigenvalue weighted by molar-refractivity contribution is -0.141. The summed E-state index contributed by atoms with van der Waals surface area (Å²) in [5.41, 5.74) is 0.866. The Morgan fingerprint density at radius 1 is 1.33 bits per heavy atom. The lowest BCUT2D eigenvalue weighted by atomic mass is 10.3. The summed E-state index contributed by atoms with van der Waals surface area (Å²) in [6, 6.07) is 8.02. The number of hydrogen-bond acceptors (Lipinski definition) is 8. The van der Waals surface area contributed by atoms with Crippen molar-refractivity contribution >= 4 is 57.2 Å². The van der Waals surface area contributed by atoms with Crippen molar-refractivity contribution in [2.75, 3.05) is 19.1 Å². The van der Waals surface area contributed by atoms with Crippen molar-refractivity contribution in [1.82, 2.24) is 9.55 Å². The molecule has 4 rings (SSSR count).